The summed E-state index contributed by atoms with van der Waals surface area (Å²) in [5.41, 5.74) is 2.16. The van der Waals surface area contributed by atoms with Crippen LogP contribution in [0.15, 0.2) is 35.7 Å². The Kier molecular flexibility index (Phi) is 3.96. The van der Waals surface area contributed by atoms with Gasteiger partial charge < -0.3 is 5.32 Å². The Labute approximate surface area is 136 Å². The molecule has 7 heteroatoms. The van der Waals surface area contributed by atoms with Crippen LogP contribution in [0.25, 0.3) is 10.6 Å². The zero-order valence-corrected chi connectivity index (χ0v) is 13.6. The van der Waals surface area contributed by atoms with E-state index in [9.17, 15) is 4.79 Å². The van der Waals surface area contributed by atoms with E-state index in [1.165, 1.54) is 11.3 Å². The minimum atomic E-state index is -0.250. The number of benzene rings is 1. The largest absolute Gasteiger partial charge is 0.305 e. The van der Waals surface area contributed by atoms with Crippen LogP contribution < -0.4 is 5.32 Å². The minimum absolute atomic E-state index is 0.250. The first-order chi connectivity index (χ1) is 10.5. The van der Waals surface area contributed by atoms with Crippen molar-refractivity contribution in [1.82, 2.24) is 14.8 Å². The zero-order chi connectivity index (χ0) is 15.7. The van der Waals surface area contributed by atoms with E-state index in [1.807, 2.05) is 25.1 Å². The van der Waals surface area contributed by atoms with Crippen LogP contribution in [0.5, 0.6) is 0 Å². The maximum Gasteiger partial charge on any atom is 0.276 e. The van der Waals surface area contributed by atoms with Gasteiger partial charge in [-0.25, -0.2) is 4.98 Å². The van der Waals surface area contributed by atoms with Crippen LogP contribution in [-0.2, 0) is 7.05 Å². The Morgan fingerprint density at radius 1 is 1.32 bits per heavy atom. The molecule has 0 bridgehead atoms. The average Bonchev–Trinajstić information content (AvgIpc) is 3.07. The van der Waals surface area contributed by atoms with Crippen LogP contribution in [0.2, 0.25) is 5.02 Å². The molecule has 5 nitrogen and oxygen atoms in total. The molecule has 112 valence electrons. The van der Waals surface area contributed by atoms with Crippen LogP contribution in [0.4, 0.5) is 5.82 Å². The standard InChI is InChI=1S/C15H13ClN4OS/c1-9-7-13(20(2)19-9)18-14(21)12-8-22-15(17-12)10-3-5-11(16)6-4-10/h3-8H,1-2H3,(H,18,21). The summed E-state index contributed by atoms with van der Waals surface area (Å²) in [6, 6.07) is 9.18. The van der Waals surface area contributed by atoms with Gasteiger partial charge in [0.25, 0.3) is 5.91 Å². The lowest BCUT2D eigenvalue weighted by atomic mass is 10.2. The number of hydrogen-bond acceptors (Lipinski definition) is 4. The summed E-state index contributed by atoms with van der Waals surface area (Å²) in [6.07, 6.45) is 0. The van der Waals surface area contributed by atoms with Gasteiger partial charge in [-0.2, -0.15) is 5.10 Å². The predicted octanol–water partition coefficient (Wildman–Crippen LogP) is 3.76. The minimum Gasteiger partial charge on any atom is -0.305 e. The summed E-state index contributed by atoms with van der Waals surface area (Å²) in [5, 5.41) is 10.2. The molecule has 0 radical (unpaired) electrons. The molecule has 0 fully saturated rings. The number of aromatic nitrogens is 3. The SMILES string of the molecule is Cc1cc(NC(=O)c2csc(-c3ccc(Cl)cc3)n2)n(C)n1. The van der Waals surface area contributed by atoms with E-state index in [1.54, 1.807) is 29.2 Å². The summed E-state index contributed by atoms with van der Waals surface area (Å²) in [6.45, 7) is 1.87. The van der Waals surface area contributed by atoms with Crippen molar-refractivity contribution in [3.05, 3.63) is 52.1 Å². The van der Waals surface area contributed by atoms with Crippen molar-refractivity contribution in [2.75, 3.05) is 5.32 Å². The number of nitrogens with one attached hydrogen (secondary N) is 1. The molecule has 0 aliphatic rings. The van der Waals surface area contributed by atoms with Gasteiger partial charge in [-0.15, -0.1) is 11.3 Å². The number of thiazole rings is 1. The van der Waals surface area contributed by atoms with E-state index in [4.69, 9.17) is 11.6 Å². The normalized spacial score (nSPS) is 10.7. The van der Waals surface area contributed by atoms with Crippen molar-refractivity contribution in [3.8, 4) is 10.6 Å². The molecule has 3 aromatic rings. The van der Waals surface area contributed by atoms with E-state index < -0.39 is 0 Å². The number of aryl methyl sites for hydroxylation is 2. The Bertz CT molecular complexity index is 822. The van der Waals surface area contributed by atoms with Gasteiger partial charge in [0.2, 0.25) is 0 Å². The second-order valence-electron chi connectivity index (χ2n) is 4.79. The fourth-order valence-electron chi connectivity index (χ4n) is 2.01. The third-order valence-electron chi connectivity index (χ3n) is 3.07. The van der Waals surface area contributed by atoms with Gasteiger partial charge in [-0.1, -0.05) is 23.7 Å². The molecule has 0 aliphatic carbocycles. The number of carbonyl (C=O) groups excluding carboxylic acids is 1. The molecule has 2 heterocycles. The van der Waals surface area contributed by atoms with Crippen molar-refractivity contribution < 1.29 is 4.79 Å². The maximum atomic E-state index is 12.2. The van der Waals surface area contributed by atoms with E-state index in [2.05, 4.69) is 15.4 Å². The highest BCUT2D eigenvalue weighted by molar-refractivity contribution is 7.13. The lowest BCUT2D eigenvalue weighted by Gasteiger charge is -2.02. The van der Waals surface area contributed by atoms with Gasteiger partial charge in [0, 0.05) is 29.1 Å². The number of rotatable bonds is 3. The second kappa shape index (κ2) is 5.90. The summed E-state index contributed by atoms with van der Waals surface area (Å²) >= 11 is 7.29. The molecule has 3 rings (SSSR count). The topological polar surface area (TPSA) is 59.8 Å². The third kappa shape index (κ3) is 3.03. The molecule has 2 aromatic heterocycles. The summed E-state index contributed by atoms with van der Waals surface area (Å²) in [5.74, 6) is 0.392. The lowest BCUT2D eigenvalue weighted by molar-refractivity contribution is 0.102. The van der Waals surface area contributed by atoms with Crippen LogP contribution in [-0.4, -0.2) is 20.7 Å². The highest BCUT2D eigenvalue weighted by atomic mass is 35.5. The first-order valence-electron chi connectivity index (χ1n) is 6.56. The lowest BCUT2D eigenvalue weighted by Crippen LogP contribution is -2.14. The van der Waals surface area contributed by atoms with E-state index >= 15 is 0 Å². The Hall–Kier alpha value is -2.18. The average molecular weight is 333 g/mol. The van der Waals surface area contributed by atoms with Crippen LogP contribution in [0.3, 0.4) is 0 Å². The molecular formula is C15H13ClN4OS. The highest BCUT2D eigenvalue weighted by Crippen LogP contribution is 2.25. The van der Waals surface area contributed by atoms with Crippen molar-refractivity contribution in [3.63, 3.8) is 0 Å². The van der Waals surface area contributed by atoms with E-state index in [-0.39, 0.29) is 5.91 Å². The fraction of sp³-hybridized carbons (Fsp3) is 0.133. The van der Waals surface area contributed by atoms with Crippen LogP contribution in [0.1, 0.15) is 16.2 Å². The third-order valence-corrected chi connectivity index (χ3v) is 4.21. The summed E-state index contributed by atoms with van der Waals surface area (Å²) in [7, 11) is 1.78. The van der Waals surface area contributed by atoms with Gasteiger partial charge >= 0.3 is 0 Å². The van der Waals surface area contributed by atoms with Crippen molar-refractivity contribution >= 4 is 34.7 Å². The number of nitrogens with zero attached hydrogens (tertiary/aromatic N) is 3. The van der Waals surface area contributed by atoms with Crippen LogP contribution >= 0.6 is 22.9 Å². The number of amides is 1. The van der Waals surface area contributed by atoms with Crippen molar-refractivity contribution in [1.29, 1.82) is 0 Å². The summed E-state index contributed by atoms with van der Waals surface area (Å²) < 4.78 is 1.62. The van der Waals surface area contributed by atoms with Crippen molar-refractivity contribution in [2.45, 2.75) is 6.92 Å². The quantitative estimate of drug-likeness (QED) is 0.794. The van der Waals surface area contributed by atoms with Crippen molar-refractivity contribution in [2.24, 2.45) is 7.05 Å². The molecule has 0 unspecified atom stereocenters. The Morgan fingerprint density at radius 2 is 2.05 bits per heavy atom. The molecule has 1 N–H and O–H groups in total. The first-order valence-corrected chi connectivity index (χ1v) is 7.82. The molecule has 0 spiro atoms. The predicted molar refractivity (Wildman–Crippen MR) is 88.5 cm³/mol. The first kappa shape index (κ1) is 14.7. The molecule has 1 aromatic carbocycles. The molecule has 22 heavy (non-hydrogen) atoms. The monoisotopic (exact) mass is 332 g/mol. The van der Waals surface area contributed by atoms with Gasteiger partial charge in [-0.05, 0) is 19.1 Å². The number of halogens is 1. The van der Waals surface area contributed by atoms with Gasteiger partial charge in [0.15, 0.2) is 0 Å². The second-order valence-corrected chi connectivity index (χ2v) is 6.09. The zero-order valence-electron chi connectivity index (χ0n) is 12.0. The van der Waals surface area contributed by atoms with E-state index in [0.717, 1.165) is 16.3 Å². The fourth-order valence-corrected chi connectivity index (χ4v) is 2.94. The summed E-state index contributed by atoms with van der Waals surface area (Å²) in [4.78, 5) is 16.6. The smallest absolute Gasteiger partial charge is 0.276 e. The molecule has 0 saturated carbocycles. The van der Waals surface area contributed by atoms with Gasteiger partial charge in [-0.3, -0.25) is 9.48 Å². The molecular weight excluding hydrogens is 320 g/mol. The number of anilines is 1. The maximum absolute atomic E-state index is 12.2. The molecule has 1 amide bonds. The van der Waals surface area contributed by atoms with E-state index in [0.29, 0.717) is 16.5 Å². The van der Waals surface area contributed by atoms with Crippen LogP contribution in [0, 0.1) is 6.92 Å². The Balaban J connectivity index is 1.79. The highest BCUT2D eigenvalue weighted by Gasteiger charge is 2.14. The number of carbonyl (C=O) groups is 1. The van der Waals surface area contributed by atoms with Gasteiger partial charge in [0.05, 0.1) is 5.69 Å². The molecule has 0 aliphatic heterocycles. The molecule has 0 atom stereocenters. The molecule has 0 saturated heterocycles. The Morgan fingerprint density at radius 3 is 2.68 bits per heavy atom. The van der Waals surface area contributed by atoms with Gasteiger partial charge in [0.1, 0.15) is 16.5 Å². The number of hydrogen-bond donors (Lipinski definition) is 1.